The van der Waals surface area contributed by atoms with Gasteiger partial charge in [0.15, 0.2) is 11.5 Å². The number of nitrogens with one attached hydrogen (secondary N) is 1. The molecular formula is C13H12N2O3. The summed E-state index contributed by atoms with van der Waals surface area (Å²) in [5.41, 5.74) is 1.17. The van der Waals surface area contributed by atoms with Crippen molar-refractivity contribution in [2.24, 2.45) is 0 Å². The highest BCUT2D eigenvalue weighted by Gasteiger charge is 2.25. The number of phenols is 2. The van der Waals surface area contributed by atoms with Crippen molar-refractivity contribution in [3.63, 3.8) is 0 Å². The van der Waals surface area contributed by atoms with Crippen molar-refractivity contribution < 1.29 is 10.2 Å². The molecule has 0 amide bonds. The molecule has 1 saturated carbocycles. The first kappa shape index (κ1) is 10.8. The average molecular weight is 244 g/mol. The van der Waals surface area contributed by atoms with E-state index in [0.29, 0.717) is 17.3 Å². The van der Waals surface area contributed by atoms with Crippen molar-refractivity contribution >= 4 is 0 Å². The minimum absolute atomic E-state index is 0.195. The zero-order chi connectivity index (χ0) is 12.7. The highest BCUT2D eigenvalue weighted by Crippen LogP contribution is 2.39. The standard InChI is InChI=1S/C13H12N2O3/c16-10-4-3-8(5-11(10)17)13-14-9(7-1-2-7)6-12(18)15-13/h3-7,16-17H,1-2H2,(H,14,15,18). The molecule has 0 spiro atoms. The van der Waals surface area contributed by atoms with Crippen LogP contribution < -0.4 is 5.56 Å². The number of rotatable bonds is 2. The second-order valence-electron chi connectivity index (χ2n) is 4.50. The van der Waals surface area contributed by atoms with Crippen molar-refractivity contribution in [3.05, 3.63) is 40.3 Å². The van der Waals surface area contributed by atoms with Crippen LogP contribution in [0, 0.1) is 0 Å². The molecule has 3 rings (SSSR count). The van der Waals surface area contributed by atoms with Gasteiger partial charge in [0, 0.05) is 17.5 Å². The highest BCUT2D eigenvalue weighted by atomic mass is 16.3. The van der Waals surface area contributed by atoms with Gasteiger partial charge in [-0.2, -0.15) is 0 Å². The summed E-state index contributed by atoms with van der Waals surface area (Å²) in [4.78, 5) is 18.6. The Morgan fingerprint density at radius 2 is 1.94 bits per heavy atom. The molecule has 1 aliphatic rings. The fraction of sp³-hybridized carbons (Fsp3) is 0.231. The SMILES string of the molecule is O=c1cc(C2CC2)nc(-c2ccc(O)c(O)c2)[nH]1. The maximum absolute atomic E-state index is 11.6. The smallest absolute Gasteiger partial charge is 0.251 e. The summed E-state index contributed by atoms with van der Waals surface area (Å²) in [5, 5.41) is 18.7. The monoisotopic (exact) mass is 244 g/mol. The van der Waals surface area contributed by atoms with Crippen LogP contribution in [-0.4, -0.2) is 20.2 Å². The Morgan fingerprint density at radius 1 is 1.17 bits per heavy atom. The van der Waals surface area contributed by atoms with Gasteiger partial charge in [-0.15, -0.1) is 0 Å². The molecule has 1 aromatic carbocycles. The number of hydrogen-bond acceptors (Lipinski definition) is 4. The molecule has 2 aromatic rings. The summed E-state index contributed by atoms with van der Waals surface area (Å²) in [6.45, 7) is 0. The van der Waals surface area contributed by atoms with E-state index in [4.69, 9.17) is 0 Å². The molecule has 92 valence electrons. The minimum Gasteiger partial charge on any atom is -0.504 e. The van der Waals surface area contributed by atoms with Gasteiger partial charge in [0.05, 0.1) is 5.69 Å². The zero-order valence-electron chi connectivity index (χ0n) is 9.55. The summed E-state index contributed by atoms with van der Waals surface area (Å²) < 4.78 is 0. The van der Waals surface area contributed by atoms with Crippen LogP contribution >= 0.6 is 0 Å². The highest BCUT2D eigenvalue weighted by molar-refractivity contribution is 5.60. The van der Waals surface area contributed by atoms with E-state index >= 15 is 0 Å². The Balaban J connectivity index is 2.09. The van der Waals surface area contributed by atoms with Crippen LogP contribution in [0.3, 0.4) is 0 Å². The number of benzene rings is 1. The average Bonchev–Trinajstić information content (AvgIpc) is 3.16. The van der Waals surface area contributed by atoms with E-state index in [1.807, 2.05) is 0 Å². The van der Waals surface area contributed by atoms with Gasteiger partial charge in [-0.3, -0.25) is 4.79 Å². The predicted molar refractivity (Wildman–Crippen MR) is 65.6 cm³/mol. The van der Waals surface area contributed by atoms with Crippen LogP contribution in [0.2, 0.25) is 0 Å². The summed E-state index contributed by atoms with van der Waals surface area (Å²) in [7, 11) is 0. The third-order valence-corrected chi connectivity index (χ3v) is 3.01. The van der Waals surface area contributed by atoms with E-state index in [2.05, 4.69) is 9.97 Å². The van der Waals surface area contributed by atoms with E-state index in [1.165, 1.54) is 18.2 Å². The zero-order valence-corrected chi connectivity index (χ0v) is 9.55. The van der Waals surface area contributed by atoms with Crippen molar-refractivity contribution in [1.82, 2.24) is 9.97 Å². The molecule has 3 N–H and O–H groups in total. The van der Waals surface area contributed by atoms with Gasteiger partial charge in [-0.25, -0.2) is 4.98 Å². The van der Waals surface area contributed by atoms with Gasteiger partial charge >= 0.3 is 0 Å². The van der Waals surface area contributed by atoms with Crippen LogP contribution in [0.5, 0.6) is 11.5 Å². The van der Waals surface area contributed by atoms with E-state index < -0.39 is 0 Å². The van der Waals surface area contributed by atoms with E-state index in [1.54, 1.807) is 6.07 Å². The molecule has 1 heterocycles. The lowest BCUT2D eigenvalue weighted by Gasteiger charge is -2.05. The van der Waals surface area contributed by atoms with Gasteiger partial charge in [0.1, 0.15) is 5.82 Å². The fourth-order valence-electron chi connectivity index (χ4n) is 1.87. The number of phenolic OH excluding ortho intramolecular Hbond substituents is 2. The van der Waals surface area contributed by atoms with Crippen LogP contribution in [0.15, 0.2) is 29.1 Å². The second-order valence-corrected chi connectivity index (χ2v) is 4.50. The van der Waals surface area contributed by atoms with Crippen LogP contribution in [-0.2, 0) is 0 Å². The number of aromatic amines is 1. The van der Waals surface area contributed by atoms with Crippen molar-refractivity contribution in [2.75, 3.05) is 0 Å². The number of hydrogen-bond donors (Lipinski definition) is 3. The topological polar surface area (TPSA) is 86.2 Å². The summed E-state index contributed by atoms with van der Waals surface area (Å²) in [6, 6.07) is 5.87. The van der Waals surface area contributed by atoms with Crippen molar-refractivity contribution in [3.8, 4) is 22.9 Å². The lowest BCUT2D eigenvalue weighted by molar-refractivity contribution is 0.404. The summed E-state index contributed by atoms with van der Waals surface area (Å²) in [5.74, 6) is 0.378. The molecule has 5 heteroatoms. The van der Waals surface area contributed by atoms with Crippen LogP contribution in [0.25, 0.3) is 11.4 Å². The van der Waals surface area contributed by atoms with Gasteiger partial charge in [-0.05, 0) is 31.0 Å². The summed E-state index contributed by atoms with van der Waals surface area (Å²) in [6.07, 6.45) is 2.13. The fourth-order valence-corrected chi connectivity index (χ4v) is 1.87. The third-order valence-electron chi connectivity index (χ3n) is 3.01. The number of aromatic hydroxyl groups is 2. The van der Waals surface area contributed by atoms with E-state index in [9.17, 15) is 15.0 Å². The molecule has 1 fully saturated rings. The molecule has 0 saturated heterocycles. The largest absolute Gasteiger partial charge is 0.504 e. The van der Waals surface area contributed by atoms with Gasteiger partial charge in [0.25, 0.3) is 5.56 Å². The normalized spacial score (nSPS) is 14.7. The molecular weight excluding hydrogens is 232 g/mol. The van der Waals surface area contributed by atoms with Crippen molar-refractivity contribution in [1.29, 1.82) is 0 Å². The van der Waals surface area contributed by atoms with Gasteiger partial charge < -0.3 is 15.2 Å². The Hall–Kier alpha value is -2.30. The number of H-pyrrole nitrogens is 1. The molecule has 0 aliphatic heterocycles. The lowest BCUT2D eigenvalue weighted by Crippen LogP contribution is -2.09. The Bertz CT molecular complexity index is 660. The number of nitrogens with zero attached hydrogens (tertiary/aromatic N) is 1. The predicted octanol–water partition coefficient (Wildman–Crippen LogP) is 1.73. The molecule has 1 aromatic heterocycles. The molecule has 18 heavy (non-hydrogen) atoms. The van der Waals surface area contributed by atoms with E-state index in [-0.39, 0.29) is 17.1 Å². The molecule has 1 aliphatic carbocycles. The first-order chi connectivity index (χ1) is 8.63. The molecule has 0 unspecified atom stereocenters. The quantitative estimate of drug-likeness (QED) is 0.702. The van der Waals surface area contributed by atoms with E-state index in [0.717, 1.165) is 18.5 Å². The molecule has 0 bridgehead atoms. The first-order valence-corrected chi connectivity index (χ1v) is 5.77. The Labute approximate surface area is 103 Å². The number of aromatic nitrogens is 2. The molecule has 5 nitrogen and oxygen atoms in total. The Kier molecular flexibility index (Phi) is 2.33. The first-order valence-electron chi connectivity index (χ1n) is 5.77. The maximum atomic E-state index is 11.6. The molecule has 0 radical (unpaired) electrons. The van der Waals surface area contributed by atoms with Crippen LogP contribution in [0.4, 0.5) is 0 Å². The maximum Gasteiger partial charge on any atom is 0.251 e. The van der Waals surface area contributed by atoms with Crippen molar-refractivity contribution in [2.45, 2.75) is 18.8 Å². The van der Waals surface area contributed by atoms with Crippen LogP contribution in [0.1, 0.15) is 24.5 Å². The lowest BCUT2D eigenvalue weighted by atomic mass is 10.2. The second kappa shape index (κ2) is 3.87. The molecule has 0 atom stereocenters. The van der Waals surface area contributed by atoms with Gasteiger partial charge in [-0.1, -0.05) is 0 Å². The Morgan fingerprint density at radius 3 is 2.61 bits per heavy atom. The summed E-state index contributed by atoms with van der Waals surface area (Å²) >= 11 is 0. The van der Waals surface area contributed by atoms with Gasteiger partial charge in [0.2, 0.25) is 0 Å². The minimum atomic E-state index is -0.230. The third kappa shape index (κ3) is 1.95.